The second-order valence-electron chi connectivity index (χ2n) is 5.65. The summed E-state index contributed by atoms with van der Waals surface area (Å²) in [7, 11) is 5.57. The van der Waals surface area contributed by atoms with E-state index in [0.717, 1.165) is 22.0 Å². The number of amides is 1. The number of carboxylic acids is 1. The molecule has 1 aromatic carbocycles. The molecule has 1 amide bonds. The van der Waals surface area contributed by atoms with Crippen LogP contribution in [0.2, 0.25) is 0 Å². The first-order chi connectivity index (χ1) is 11.8. The van der Waals surface area contributed by atoms with Crippen molar-refractivity contribution in [2.45, 2.75) is 0 Å². The predicted molar refractivity (Wildman–Crippen MR) is 101 cm³/mol. The Morgan fingerprint density at radius 2 is 1.92 bits per heavy atom. The lowest BCUT2D eigenvalue weighted by Crippen LogP contribution is -2.35. The minimum absolute atomic E-state index is 0.257. The van der Waals surface area contributed by atoms with Crippen LogP contribution in [0.4, 0.5) is 0 Å². The van der Waals surface area contributed by atoms with E-state index >= 15 is 0 Å². The number of carbonyl (C=O) groups excluding carboxylic acids is 1. The van der Waals surface area contributed by atoms with E-state index in [1.807, 2.05) is 29.6 Å². The number of hydrogen-bond donors (Lipinski definition) is 3. The molecule has 0 bridgehead atoms. The smallest absolute Gasteiger partial charge is 0.322 e. The molecule has 0 spiro atoms. The predicted octanol–water partition coefficient (Wildman–Crippen LogP) is -4.08. The molecule has 0 fully saturated rings. The highest BCUT2D eigenvalue weighted by molar-refractivity contribution is 6.52. The Bertz CT molecular complexity index is 925. The summed E-state index contributed by atoms with van der Waals surface area (Å²) in [6.45, 7) is -0.566. The Morgan fingerprint density at radius 1 is 1.24 bits per heavy atom. The van der Waals surface area contributed by atoms with Gasteiger partial charge in [-0.05, 0) is 11.6 Å². The molecule has 10 heteroatoms. The van der Waals surface area contributed by atoms with Crippen molar-refractivity contribution in [1.82, 2.24) is 10.3 Å². The normalized spacial score (nSPS) is 10.0. The van der Waals surface area contributed by atoms with Gasteiger partial charge in [0, 0.05) is 17.3 Å². The monoisotopic (exact) mass is 333 g/mol. The molecule has 0 saturated carbocycles. The highest BCUT2D eigenvalue weighted by Crippen LogP contribution is 2.23. The molecule has 7 nitrogen and oxygen atoms in total. The van der Waals surface area contributed by atoms with Crippen molar-refractivity contribution < 1.29 is 19.8 Å². The Labute approximate surface area is 146 Å². The summed E-state index contributed by atoms with van der Waals surface area (Å²) >= 11 is 0. The number of aromatic nitrogens is 1. The maximum absolute atomic E-state index is 11.8. The van der Waals surface area contributed by atoms with Gasteiger partial charge in [0.05, 0.1) is 6.07 Å². The molecule has 25 heavy (non-hydrogen) atoms. The Balaban J connectivity index is 2.45. The number of nitrogens with one attached hydrogen (secondary N) is 1. The largest absolute Gasteiger partial charge is 0.505 e. The van der Waals surface area contributed by atoms with Crippen LogP contribution >= 0.6 is 0 Å². The fourth-order valence-corrected chi connectivity index (χ4v) is 2.53. The van der Waals surface area contributed by atoms with Crippen LogP contribution in [0.5, 0.6) is 5.75 Å². The summed E-state index contributed by atoms with van der Waals surface area (Å²) < 4.78 is 0. The van der Waals surface area contributed by atoms with Crippen LogP contribution in [0.1, 0.15) is 16.1 Å². The Morgan fingerprint density at radius 3 is 2.48 bits per heavy atom. The first-order valence-electron chi connectivity index (χ1n) is 7.46. The van der Waals surface area contributed by atoms with Crippen molar-refractivity contribution in [2.24, 2.45) is 0 Å². The zero-order valence-corrected chi connectivity index (χ0v) is 14.0. The number of nitriles is 1. The van der Waals surface area contributed by atoms with Crippen molar-refractivity contribution in [1.29, 1.82) is 5.26 Å². The van der Waals surface area contributed by atoms with E-state index in [1.54, 1.807) is 0 Å². The summed E-state index contributed by atoms with van der Waals surface area (Å²) in [5.74, 6) is -2.34. The molecule has 2 rings (SSSR count). The quantitative estimate of drug-likeness (QED) is 0.489. The van der Waals surface area contributed by atoms with Gasteiger partial charge in [0.2, 0.25) is 0 Å². The van der Waals surface area contributed by atoms with E-state index in [0.29, 0.717) is 11.1 Å². The lowest BCUT2D eigenvalue weighted by atomic mass is 9.70. The van der Waals surface area contributed by atoms with E-state index in [4.69, 9.17) is 5.11 Å². The number of aromatic hydroxyl groups is 1. The Hall–Kier alpha value is -3.21. The second kappa shape index (κ2) is 7.13. The molecule has 0 aliphatic carbocycles. The van der Waals surface area contributed by atoms with Gasteiger partial charge in [0.25, 0.3) is 5.91 Å². The number of pyridine rings is 1. The number of aliphatic carboxylic acids is 1. The topological polar surface area (TPSA) is 123 Å². The third-order valence-electron chi connectivity index (χ3n) is 4.01. The van der Waals surface area contributed by atoms with E-state index in [9.17, 15) is 20.0 Å². The van der Waals surface area contributed by atoms with Crippen LogP contribution in [-0.2, 0) is 4.79 Å². The van der Waals surface area contributed by atoms with Crippen LogP contribution in [0.25, 0.3) is 11.1 Å². The van der Waals surface area contributed by atoms with Crippen LogP contribution in [0.3, 0.4) is 0 Å². The van der Waals surface area contributed by atoms with E-state index in [2.05, 4.69) is 16.4 Å². The summed E-state index contributed by atoms with van der Waals surface area (Å²) in [4.78, 5) is 26.3. The van der Waals surface area contributed by atoms with Gasteiger partial charge < -0.3 is 15.5 Å². The molecule has 0 saturated heterocycles. The van der Waals surface area contributed by atoms with Crippen molar-refractivity contribution in [3.63, 3.8) is 0 Å². The summed E-state index contributed by atoms with van der Waals surface area (Å²) in [5.41, 5.74) is 4.19. The number of nitrogens with zero attached hydrogens (tertiary/aromatic N) is 2. The second-order valence-corrected chi connectivity index (χ2v) is 5.65. The molecule has 122 valence electrons. The van der Waals surface area contributed by atoms with Crippen molar-refractivity contribution in [3.05, 3.63) is 29.6 Å². The average Bonchev–Trinajstić information content (AvgIpc) is 2.56. The van der Waals surface area contributed by atoms with Gasteiger partial charge in [-0.25, -0.2) is 4.98 Å². The van der Waals surface area contributed by atoms with E-state index in [-0.39, 0.29) is 11.4 Å². The molecule has 2 aromatic rings. The molecule has 3 N–H and O–H groups in total. The zero-order chi connectivity index (χ0) is 18.7. The standard InChI is InChI=1S/C15H14B3N3O4/c16-9-2-7(12(17)8(3-19)13(9)18)6-1-10(22)14(20-4-6)15(25)21-5-11(23)24/h1-2,4,22H,5,16-18H2,(H,21,25)(H,23,24). The molecule has 0 aliphatic rings. The number of benzene rings is 1. The minimum Gasteiger partial charge on any atom is -0.505 e. The lowest BCUT2D eigenvalue weighted by molar-refractivity contribution is -0.135. The molecule has 1 heterocycles. The van der Waals surface area contributed by atoms with Gasteiger partial charge in [0.1, 0.15) is 35.8 Å². The lowest BCUT2D eigenvalue weighted by Gasteiger charge is -2.14. The van der Waals surface area contributed by atoms with Crippen LogP contribution in [0.15, 0.2) is 18.3 Å². The first-order valence-corrected chi connectivity index (χ1v) is 7.46. The third-order valence-corrected chi connectivity index (χ3v) is 4.01. The fraction of sp³-hybridized carbons (Fsp3) is 0.0667. The maximum Gasteiger partial charge on any atom is 0.322 e. The highest BCUT2D eigenvalue weighted by atomic mass is 16.4. The molecule has 0 radical (unpaired) electrons. The summed E-state index contributed by atoms with van der Waals surface area (Å²) in [6, 6.07) is 5.45. The molecule has 0 unspecified atom stereocenters. The van der Waals surface area contributed by atoms with Crippen LogP contribution < -0.4 is 21.7 Å². The van der Waals surface area contributed by atoms with Crippen LogP contribution in [-0.4, -0.2) is 57.2 Å². The van der Waals surface area contributed by atoms with Gasteiger partial charge in [-0.1, -0.05) is 22.5 Å². The molecule has 1 aromatic heterocycles. The van der Waals surface area contributed by atoms with E-state index in [1.165, 1.54) is 12.3 Å². The van der Waals surface area contributed by atoms with Crippen molar-refractivity contribution >= 4 is 51.8 Å². The molecular weight excluding hydrogens is 319 g/mol. The Kier molecular flexibility index (Phi) is 5.18. The highest BCUT2D eigenvalue weighted by Gasteiger charge is 2.17. The third kappa shape index (κ3) is 3.66. The first kappa shape index (κ1) is 18.1. The van der Waals surface area contributed by atoms with Gasteiger partial charge in [0.15, 0.2) is 5.69 Å². The number of carbonyl (C=O) groups is 2. The molecular formula is C15H14B3N3O4. The van der Waals surface area contributed by atoms with E-state index < -0.39 is 18.4 Å². The molecule has 0 atom stereocenters. The number of carboxylic acid groups (broad SMARTS) is 1. The summed E-state index contributed by atoms with van der Waals surface area (Å²) in [5, 5.41) is 30.2. The van der Waals surface area contributed by atoms with Crippen molar-refractivity contribution in [3.8, 4) is 22.9 Å². The van der Waals surface area contributed by atoms with Gasteiger partial charge in [-0.2, -0.15) is 5.26 Å². The number of rotatable bonds is 4. The fourth-order valence-electron chi connectivity index (χ4n) is 2.53. The SMILES string of the molecule is Bc1cc(-c2cnc(C(=O)NCC(=O)O)c(O)c2)c(B)c(C#N)c1B. The molecule has 0 aliphatic heterocycles. The van der Waals surface area contributed by atoms with Gasteiger partial charge in [-0.15, -0.1) is 0 Å². The van der Waals surface area contributed by atoms with Crippen LogP contribution in [0, 0.1) is 11.3 Å². The summed E-state index contributed by atoms with van der Waals surface area (Å²) in [6.07, 6.45) is 1.41. The minimum atomic E-state index is -1.20. The average molecular weight is 333 g/mol. The maximum atomic E-state index is 11.8. The van der Waals surface area contributed by atoms with Gasteiger partial charge in [-0.3, -0.25) is 9.59 Å². The zero-order valence-electron chi connectivity index (χ0n) is 14.0. The van der Waals surface area contributed by atoms with Gasteiger partial charge >= 0.3 is 5.97 Å². The number of hydrogen-bond acceptors (Lipinski definition) is 5. The van der Waals surface area contributed by atoms with Crippen molar-refractivity contribution in [2.75, 3.05) is 6.54 Å².